The third-order valence-corrected chi connectivity index (χ3v) is 3.68. The molecule has 0 saturated carbocycles. The Hall–Kier alpha value is -2.33. The second kappa shape index (κ2) is 8.17. The summed E-state index contributed by atoms with van der Waals surface area (Å²) in [5, 5.41) is 0.294. The third kappa shape index (κ3) is 5.91. The van der Waals surface area contributed by atoms with E-state index in [0.717, 1.165) is 11.1 Å². The number of carbonyl (C=O) groups excluding carboxylic acids is 2. The van der Waals surface area contributed by atoms with Crippen LogP contribution in [-0.4, -0.2) is 17.9 Å². The molecule has 2 aromatic rings. The van der Waals surface area contributed by atoms with Gasteiger partial charge in [0.2, 0.25) is 0 Å². The minimum atomic E-state index is -0.502. The van der Waals surface area contributed by atoms with Gasteiger partial charge in [0.1, 0.15) is 18.0 Å². The highest BCUT2D eigenvalue weighted by atomic mass is 35.5. The lowest BCUT2D eigenvalue weighted by molar-refractivity contribution is -0.153. The van der Waals surface area contributed by atoms with Crippen molar-refractivity contribution >= 4 is 23.9 Å². The van der Waals surface area contributed by atoms with E-state index in [9.17, 15) is 9.59 Å². The summed E-state index contributed by atoms with van der Waals surface area (Å²) < 4.78 is 11.0. The average Bonchev–Trinajstić information content (AvgIpc) is 2.52. The maximum atomic E-state index is 11.9. The van der Waals surface area contributed by atoms with Crippen molar-refractivity contribution < 1.29 is 19.1 Å². The summed E-state index contributed by atoms with van der Waals surface area (Å²) in [5.74, 6) is 0.177. The van der Waals surface area contributed by atoms with Crippen LogP contribution in [-0.2, 0) is 22.6 Å². The number of ether oxygens (including phenoxy) is 2. The van der Waals surface area contributed by atoms with E-state index >= 15 is 0 Å². The molecular formula is C20H21ClO4. The van der Waals surface area contributed by atoms with Gasteiger partial charge in [-0.2, -0.15) is 0 Å². The van der Waals surface area contributed by atoms with Gasteiger partial charge in [0, 0.05) is 5.56 Å². The average molecular weight is 361 g/mol. The molecule has 0 heterocycles. The Morgan fingerprint density at radius 3 is 2.48 bits per heavy atom. The van der Waals surface area contributed by atoms with Gasteiger partial charge in [0.05, 0.1) is 11.4 Å². The number of hydrogen-bond acceptors (Lipinski definition) is 4. The van der Waals surface area contributed by atoms with Crippen molar-refractivity contribution in [1.29, 1.82) is 0 Å². The highest BCUT2D eigenvalue weighted by molar-refractivity contribution is 6.34. The summed E-state index contributed by atoms with van der Waals surface area (Å²) in [6.07, 6.45) is 0.892. The molecule has 5 heteroatoms. The topological polar surface area (TPSA) is 52.6 Å². The van der Waals surface area contributed by atoms with Gasteiger partial charge in [0.15, 0.2) is 6.29 Å². The molecule has 0 saturated heterocycles. The van der Waals surface area contributed by atoms with E-state index in [0.29, 0.717) is 22.6 Å². The molecule has 0 amide bonds. The molecule has 4 nitrogen and oxygen atoms in total. The Balaban J connectivity index is 2.02. The van der Waals surface area contributed by atoms with Crippen LogP contribution < -0.4 is 4.74 Å². The Labute approximate surface area is 152 Å². The first-order valence-electron chi connectivity index (χ1n) is 7.94. The van der Waals surface area contributed by atoms with Crippen LogP contribution in [0.5, 0.6) is 5.75 Å². The van der Waals surface area contributed by atoms with Crippen molar-refractivity contribution in [1.82, 2.24) is 0 Å². The van der Waals surface area contributed by atoms with Crippen LogP contribution in [0.3, 0.4) is 0 Å². The van der Waals surface area contributed by atoms with E-state index in [1.54, 1.807) is 18.2 Å². The summed E-state index contributed by atoms with van der Waals surface area (Å²) in [5.41, 5.74) is 1.63. The lowest BCUT2D eigenvalue weighted by atomic mass is 10.1. The van der Waals surface area contributed by atoms with Crippen LogP contribution in [0.2, 0.25) is 5.02 Å². The first kappa shape index (κ1) is 19.0. The standard InChI is InChI=1S/C20H21ClO4/c1-20(2,3)25-18(23)11-14-6-4-7-15(10-14)13-24-17-9-5-8-16(12-22)19(17)21/h4-10,12H,11,13H2,1-3H3. The molecule has 0 fully saturated rings. The molecule has 2 aromatic carbocycles. The molecule has 0 aliphatic carbocycles. The number of esters is 1. The van der Waals surface area contributed by atoms with E-state index in [1.807, 2.05) is 45.0 Å². The minimum Gasteiger partial charge on any atom is -0.487 e. The zero-order chi connectivity index (χ0) is 18.4. The fourth-order valence-electron chi connectivity index (χ4n) is 2.26. The van der Waals surface area contributed by atoms with Gasteiger partial charge >= 0.3 is 5.97 Å². The molecule has 0 bridgehead atoms. The number of hydrogen-bond donors (Lipinski definition) is 0. The van der Waals surface area contributed by atoms with Crippen molar-refractivity contribution in [2.45, 2.75) is 39.4 Å². The second-order valence-electron chi connectivity index (χ2n) is 6.65. The summed E-state index contributed by atoms with van der Waals surface area (Å²) in [6.45, 7) is 5.80. The summed E-state index contributed by atoms with van der Waals surface area (Å²) in [4.78, 5) is 22.8. The highest BCUT2D eigenvalue weighted by Gasteiger charge is 2.16. The molecule has 25 heavy (non-hydrogen) atoms. The van der Waals surface area contributed by atoms with Crippen LogP contribution in [0.25, 0.3) is 0 Å². The molecule has 0 unspecified atom stereocenters. The number of benzene rings is 2. The summed E-state index contributed by atoms with van der Waals surface area (Å²) in [6, 6.07) is 12.6. The lowest BCUT2D eigenvalue weighted by Crippen LogP contribution is -2.24. The predicted octanol–water partition coefficient (Wildman–Crippen LogP) is 4.62. The van der Waals surface area contributed by atoms with Crippen molar-refractivity contribution in [3.8, 4) is 5.75 Å². The van der Waals surface area contributed by atoms with Gasteiger partial charge < -0.3 is 9.47 Å². The Morgan fingerprint density at radius 1 is 1.12 bits per heavy atom. The molecule has 0 aromatic heterocycles. The van der Waals surface area contributed by atoms with Gasteiger partial charge in [-0.25, -0.2) is 0 Å². The smallest absolute Gasteiger partial charge is 0.310 e. The van der Waals surface area contributed by atoms with Crippen molar-refractivity contribution in [2.24, 2.45) is 0 Å². The van der Waals surface area contributed by atoms with Gasteiger partial charge in [-0.05, 0) is 44.0 Å². The summed E-state index contributed by atoms with van der Waals surface area (Å²) in [7, 11) is 0. The zero-order valence-corrected chi connectivity index (χ0v) is 15.3. The van der Waals surface area contributed by atoms with Crippen LogP contribution in [0.15, 0.2) is 42.5 Å². The largest absolute Gasteiger partial charge is 0.487 e. The molecule has 0 aliphatic heterocycles. The molecule has 0 N–H and O–H groups in total. The van der Waals surface area contributed by atoms with Crippen molar-refractivity contribution in [3.63, 3.8) is 0 Å². The van der Waals surface area contributed by atoms with E-state index in [1.165, 1.54) is 0 Å². The Bertz CT molecular complexity index is 763. The van der Waals surface area contributed by atoms with Crippen LogP contribution >= 0.6 is 11.6 Å². The molecule has 132 valence electrons. The van der Waals surface area contributed by atoms with Crippen molar-refractivity contribution in [2.75, 3.05) is 0 Å². The van der Waals surface area contributed by atoms with Gasteiger partial charge in [-0.15, -0.1) is 0 Å². The third-order valence-electron chi connectivity index (χ3n) is 3.27. The van der Waals surface area contributed by atoms with Gasteiger partial charge in [0.25, 0.3) is 0 Å². The monoisotopic (exact) mass is 360 g/mol. The van der Waals surface area contributed by atoms with Crippen LogP contribution in [0, 0.1) is 0 Å². The maximum Gasteiger partial charge on any atom is 0.310 e. The minimum absolute atomic E-state index is 0.201. The molecule has 0 atom stereocenters. The van der Waals surface area contributed by atoms with Gasteiger partial charge in [-0.1, -0.05) is 41.9 Å². The lowest BCUT2D eigenvalue weighted by Gasteiger charge is -2.19. The fourth-order valence-corrected chi connectivity index (χ4v) is 2.49. The number of halogens is 1. The SMILES string of the molecule is CC(C)(C)OC(=O)Cc1cccc(COc2cccc(C=O)c2Cl)c1. The molecular weight excluding hydrogens is 340 g/mol. The maximum absolute atomic E-state index is 11.9. The van der Waals surface area contributed by atoms with Crippen LogP contribution in [0.1, 0.15) is 42.3 Å². The number of aldehydes is 1. The van der Waals surface area contributed by atoms with E-state index < -0.39 is 5.60 Å². The molecule has 0 aliphatic rings. The number of rotatable bonds is 6. The Kier molecular flexibility index (Phi) is 6.21. The quantitative estimate of drug-likeness (QED) is 0.557. The first-order chi connectivity index (χ1) is 11.8. The Morgan fingerprint density at radius 2 is 1.80 bits per heavy atom. The number of carbonyl (C=O) groups is 2. The normalized spacial score (nSPS) is 11.0. The molecule has 0 radical (unpaired) electrons. The van der Waals surface area contributed by atoms with Crippen molar-refractivity contribution in [3.05, 3.63) is 64.2 Å². The first-order valence-corrected chi connectivity index (χ1v) is 8.32. The summed E-state index contributed by atoms with van der Waals surface area (Å²) >= 11 is 6.12. The van der Waals surface area contributed by atoms with E-state index in [-0.39, 0.29) is 19.0 Å². The fraction of sp³-hybridized carbons (Fsp3) is 0.300. The predicted molar refractivity (Wildman–Crippen MR) is 97.2 cm³/mol. The second-order valence-corrected chi connectivity index (χ2v) is 7.03. The highest BCUT2D eigenvalue weighted by Crippen LogP contribution is 2.27. The molecule has 0 spiro atoms. The van der Waals surface area contributed by atoms with E-state index in [4.69, 9.17) is 21.1 Å². The van der Waals surface area contributed by atoms with Crippen LogP contribution in [0.4, 0.5) is 0 Å². The van der Waals surface area contributed by atoms with Gasteiger partial charge in [-0.3, -0.25) is 9.59 Å². The van der Waals surface area contributed by atoms with E-state index in [2.05, 4.69) is 0 Å². The molecule has 2 rings (SSSR count). The zero-order valence-electron chi connectivity index (χ0n) is 14.5.